The highest BCUT2D eigenvalue weighted by Gasteiger charge is 1.99. The van der Waals surface area contributed by atoms with Gasteiger partial charge in [0.15, 0.2) is 5.78 Å². The Labute approximate surface area is 143 Å². The van der Waals surface area contributed by atoms with Crippen LogP contribution in [-0.2, 0) is 22.4 Å². The lowest BCUT2D eigenvalue weighted by Gasteiger charge is -2.02. The van der Waals surface area contributed by atoms with Gasteiger partial charge < -0.3 is 9.84 Å². The van der Waals surface area contributed by atoms with E-state index in [4.69, 9.17) is 9.84 Å². The fourth-order valence-electron chi connectivity index (χ4n) is 1.99. The molecule has 128 valence electrons. The maximum absolute atomic E-state index is 11.0. The highest BCUT2D eigenvalue weighted by atomic mass is 16.5. The van der Waals surface area contributed by atoms with Crippen LogP contribution in [-0.4, -0.2) is 30.1 Å². The second kappa shape index (κ2) is 11.1. The number of benzene rings is 2. The third-order valence-corrected chi connectivity index (χ3v) is 3.30. The molecule has 0 heterocycles. The van der Waals surface area contributed by atoms with Gasteiger partial charge in [-0.25, -0.2) is 0 Å². The van der Waals surface area contributed by atoms with Crippen molar-refractivity contribution in [3.05, 3.63) is 71.3 Å². The molecule has 0 radical (unpaired) electrons. The Morgan fingerprint density at radius 2 is 1.46 bits per heavy atom. The molecule has 0 fully saturated rings. The highest BCUT2D eigenvalue weighted by Crippen LogP contribution is 2.06. The van der Waals surface area contributed by atoms with Crippen molar-refractivity contribution < 1.29 is 19.4 Å². The molecule has 24 heavy (non-hydrogen) atoms. The van der Waals surface area contributed by atoms with Crippen LogP contribution < -0.4 is 0 Å². The molecule has 0 amide bonds. The fourth-order valence-corrected chi connectivity index (χ4v) is 1.99. The molecule has 0 saturated heterocycles. The Morgan fingerprint density at radius 3 is 1.96 bits per heavy atom. The summed E-state index contributed by atoms with van der Waals surface area (Å²) in [6.45, 7) is 3.55. The minimum atomic E-state index is -0.268. The SMILES string of the molecule is CC(=O)OCCc1ccc(C(C)=O)cc1.OCCc1ccccc1. The van der Waals surface area contributed by atoms with Gasteiger partial charge in [0, 0.05) is 25.5 Å². The summed E-state index contributed by atoms with van der Waals surface area (Å²) in [6, 6.07) is 17.3. The molecule has 0 unspecified atom stereocenters. The monoisotopic (exact) mass is 328 g/mol. The van der Waals surface area contributed by atoms with E-state index < -0.39 is 0 Å². The third-order valence-electron chi connectivity index (χ3n) is 3.30. The van der Waals surface area contributed by atoms with Crippen molar-refractivity contribution in [1.29, 1.82) is 0 Å². The van der Waals surface area contributed by atoms with E-state index in [1.807, 2.05) is 42.5 Å². The molecule has 0 bridgehead atoms. The molecule has 0 saturated carbocycles. The molecule has 0 spiro atoms. The van der Waals surface area contributed by atoms with Crippen molar-refractivity contribution in [3.8, 4) is 0 Å². The molecule has 0 atom stereocenters. The van der Waals surface area contributed by atoms with E-state index >= 15 is 0 Å². The standard InChI is InChI=1S/C12H14O3.C8H10O/c1-9(13)12-5-3-11(4-6-12)7-8-15-10(2)14;9-7-6-8-4-2-1-3-5-8/h3-6H,7-8H2,1-2H3;1-5,9H,6-7H2. The molecule has 0 aliphatic carbocycles. The number of ether oxygens (including phenoxy) is 1. The summed E-state index contributed by atoms with van der Waals surface area (Å²) >= 11 is 0. The van der Waals surface area contributed by atoms with Crippen molar-refractivity contribution in [1.82, 2.24) is 0 Å². The predicted octanol–water partition coefficient (Wildman–Crippen LogP) is 3.22. The molecule has 4 nitrogen and oxygen atoms in total. The van der Waals surface area contributed by atoms with Crippen LogP contribution in [0.4, 0.5) is 0 Å². The number of rotatable bonds is 6. The van der Waals surface area contributed by atoms with Crippen LogP contribution in [0.3, 0.4) is 0 Å². The lowest BCUT2D eigenvalue weighted by atomic mass is 10.1. The number of carbonyl (C=O) groups excluding carboxylic acids is 2. The summed E-state index contributed by atoms with van der Waals surface area (Å²) in [5.41, 5.74) is 2.95. The number of hydrogen-bond donors (Lipinski definition) is 1. The molecule has 2 aromatic carbocycles. The molecule has 0 aromatic heterocycles. The zero-order chi connectivity index (χ0) is 17.8. The molecule has 4 heteroatoms. The zero-order valence-electron chi connectivity index (χ0n) is 14.2. The molecule has 2 aromatic rings. The van der Waals surface area contributed by atoms with Gasteiger partial charge in [0.25, 0.3) is 0 Å². The number of ketones is 1. The van der Waals surface area contributed by atoms with Crippen molar-refractivity contribution in [3.63, 3.8) is 0 Å². The lowest BCUT2D eigenvalue weighted by molar-refractivity contribution is -0.140. The minimum absolute atomic E-state index is 0.0570. The van der Waals surface area contributed by atoms with Gasteiger partial charge in [-0.1, -0.05) is 54.6 Å². The van der Waals surface area contributed by atoms with Gasteiger partial charge in [-0.2, -0.15) is 0 Å². The van der Waals surface area contributed by atoms with Crippen LogP contribution in [0.15, 0.2) is 54.6 Å². The Hall–Kier alpha value is -2.46. The highest BCUT2D eigenvalue weighted by molar-refractivity contribution is 5.93. The maximum atomic E-state index is 11.0. The number of esters is 1. The largest absolute Gasteiger partial charge is 0.466 e. The van der Waals surface area contributed by atoms with Crippen LogP contribution >= 0.6 is 0 Å². The number of aliphatic hydroxyl groups excluding tert-OH is 1. The smallest absolute Gasteiger partial charge is 0.302 e. The van der Waals surface area contributed by atoms with Gasteiger partial charge in [-0.05, 0) is 24.5 Å². The van der Waals surface area contributed by atoms with E-state index in [2.05, 4.69) is 0 Å². The maximum Gasteiger partial charge on any atom is 0.302 e. The molecule has 0 aliphatic heterocycles. The van der Waals surface area contributed by atoms with Crippen LogP contribution in [0.25, 0.3) is 0 Å². The van der Waals surface area contributed by atoms with Crippen LogP contribution in [0, 0.1) is 0 Å². The van der Waals surface area contributed by atoms with Crippen LogP contribution in [0.2, 0.25) is 0 Å². The van der Waals surface area contributed by atoms with Gasteiger partial charge in [0.1, 0.15) is 0 Å². The van der Waals surface area contributed by atoms with E-state index in [0.29, 0.717) is 18.6 Å². The number of aliphatic hydroxyl groups is 1. The quantitative estimate of drug-likeness (QED) is 0.653. The average molecular weight is 328 g/mol. The fraction of sp³-hybridized carbons (Fsp3) is 0.300. The van der Waals surface area contributed by atoms with Crippen LogP contribution in [0.5, 0.6) is 0 Å². The van der Waals surface area contributed by atoms with Gasteiger partial charge in [0.05, 0.1) is 6.61 Å². The normalized spacial score (nSPS) is 9.62. The minimum Gasteiger partial charge on any atom is -0.466 e. The average Bonchev–Trinajstić information content (AvgIpc) is 2.57. The van der Waals surface area contributed by atoms with Gasteiger partial charge >= 0.3 is 5.97 Å². The van der Waals surface area contributed by atoms with Crippen molar-refractivity contribution in [2.45, 2.75) is 26.7 Å². The first-order valence-electron chi connectivity index (χ1n) is 7.91. The van der Waals surface area contributed by atoms with Crippen molar-refractivity contribution in [2.24, 2.45) is 0 Å². The topological polar surface area (TPSA) is 63.6 Å². The van der Waals surface area contributed by atoms with Gasteiger partial charge in [0.2, 0.25) is 0 Å². The Kier molecular flexibility index (Phi) is 9.09. The Morgan fingerprint density at radius 1 is 0.875 bits per heavy atom. The van der Waals surface area contributed by atoms with E-state index in [1.54, 1.807) is 12.1 Å². The van der Waals surface area contributed by atoms with E-state index in [1.165, 1.54) is 19.4 Å². The zero-order valence-corrected chi connectivity index (χ0v) is 14.2. The molecular formula is C20H24O4. The second-order valence-electron chi connectivity index (χ2n) is 5.30. The summed E-state index contributed by atoms with van der Waals surface area (Å²) in [5, 5.41) is 8.52. The number of Topliss-reactive ketones (excluding diaryl/α,β-unsaturated/α-hetero) is 1. The summed E-state index contributed by atoms with van der Waals surface area (Å²) < 4.78 is 4.82. The van der Waals surface area contributed by atoms with E-state index in [9.17, 15) is 9.59 Å². The second-order valence-corrected chi connectivity index (χ2v) is 5.30. The summed E-state index contributed by atoms with van der Waals surface area (Å²) in [6.07, 6.45) is 1.44. The first-order valence-corrected chi connectivity index (χ1v) is 7.91. The van der Waals surface area contributed by atoms with E-state index in [-0.39, 0.29) is 18.4 Å². The van der Waals surface area contributed by atoms with Gasteiger partial charge in [-0.15, -0.1) is 0 Å². The first-order chi connectivity index (χ1) is 11.5. The summed E-state index contributed by atoms with van der Waals surface area (Å²) in [7, 11) is 0. The van der Waals surface area contributed by atoms with Gasteiger partial charge in [-0.3, -0.25) is 9.59 Å². The predicted molar refractivity (Wildman–Crippen MR) is 94.0 cm³/mol. The lowest BCUT2D eigenvalue weighted by Crippen LogP contribution is -2.03. The van der Waals surface area contributed by atoms with Crippen molar-refractivity contribution in [2.75, 3.05) is 13.2 Å². The van der Waals surface area contributed by atoms with Crippen molar-refractivity contribution >= 4 is 11.8 Å². The number of hydrogen-bond acceptors (Lipinski definition) is 4. The molecular weight excluding hydrogens is 304 g/mol. The number of carbonyl (C=O) groups is 2. The first kappa shape index (κ1) is 19.6. The summed E-state index contributed by atoms with van der Waals surface area (Å²) in [4.78, 5) is 21.5. The molecule has 2 rings (SSSR count). The summed E-state index contributed by atoms with van der Waals surface area (Å²) in [5.74, 6) is -0.211. The molecule has 0 aliphatic rings. The molecule has 1 N–H and O–H groups in total. The Bertz CT molecular complexity index is 618. The van der Waals surface area contributed by atoms with Crippen LogP contribution in [0.1, 0.15) is 35.3 Å². The Balaban J connectivity index is 0.000000272. The van der Waals surface area contributed by atoms with E-state index in [0.717, 1.165) is 12.0 Å². The third kappa shape index (κ3) is 8.25.